The van der Waals surface area contributed by atoms with Crippen LogP contribution in [0.15, 0.2) is 12.2 Å². The van der Waals surface area contributed by atoms with Gasteiger partial charge in [-0.3, -0.25) is 9.59 Å². The maximum absolute atomic E-state index is 10.5. The second-order valence-electron chi connectivity index (χ2n) is 4.23. The summed E-state index contributed by atoms with van der Waals surface area (Å²) in [5, 5.41) is 17.3. The second-order valence-corrected chi connectivity index (χ2v) is 4.23. The van der Waals surface area contributed by atoms with Crippen LogP contribution in [0, 0.1) is 5.92 Å². The highest BCUT2D eigenvalue weighted by molar-refractivity contribution is 5.71. The lowest BCUT2D eigenvalue weighted by Gasteiger charge is -2.06. The number of carbonyl (C=O) groups is 2. The van der Waals surface area contributed by atoms with Gasteiger partial charge in [0, 0.05) is 0 Å². The molecule has 0 atom stereocenters. The number of allylic oxidation sites excluding steroid dienone is 2. The number of hydrogen-bond donors (Lipinski definition) is 2. The zero-order valence-electron chi connectivity index (χ0n) is 10.4. The van der Waals surface area contributed by atoms with Crippen LogP contribution in [-0.2, 0) is 9.59 Å². The van der Waals surface area contributed by atoms with Gasteiger partial charge >= 0.3 is 11.9 Å². The minimum Gasteiger partial charge on any atom is -0.481 e. The third kappa shape index (κ3) is 11.0. The Kier molecular flexibility index (Phi) is 9.11. The lowest BCUT2D eigenvalue weighted by Crippen LogP contribution is -2.10. The van der Waals surface area contributed by atoms with Crippen LogP contribution in [-0.4, -0.2) is 22.2 Å². The Balaban J connectivity index is 3.91. The molecule has 0 aliphatic heterocycles. The molecule has 98 valence electrons. The molecule has 0 unspecified atom stereocenters. The minimum absolute atomic E-state index is 0.113. The van der Waals surface area contributed by atoms with Crippen molar-refractivity contribution in [3.05, 3.63) is 12.2 Å². The Morgan fingerprint density at radius 2 is 1.65 bits per heavy atom. The van der Waals surface area contributed by atoms with E-state index in [1.807, 2.05) is 6.08 Å². The minimum atomic E-state index is -0.952. The fourth-order valence-electron chi connectivity index (χ4n) is 1.63. The van der Waals surface area contributed by atoms with Gasteiger partial charge in [0.25, 0.3) is 0 Å². The first kappa shape index (κ1) is 15.7. The maximum Gasteiger partial charge on any atom is 0.303 e. The van der Waals surface area contributed by atoms with Gasteiger partial charge in [0.2, 0.25) is 0 Å². The molecule has 0 spiro atoms. The quantitative estimate of drug-likeness (QED) is 0.456. The average Bonchev–Trinajstić information content (AvgIpc) is 2.21. The molecule has 0 amide bonds. The number of aliphatic carboxylic acids is 2. The molecule has 0 saturated heterocycles. The van der Waals surface area contributed by atoms with Crippen LogP contribution in [0.25, 0.3) is 0 Å². The Morgan fingerprint density at radius 1 is 1.06 bits per heavy atom. The lowest BCUT2D eigenvalue weighted by molar-refractivity contribution is -0.139. The van der Waals surface area contributed by atoms with Crippen molar-refractivity contribution in [2.75, 3.05) is 0 Å². The molecular formula is C13H22O4. The summed E-state index contributed by atoms with van der Waals surface area (Å²) >= 11 is 0. The predicted octanol–water partition coefficient (Wildman–Crippen LogP) is 3.08. The monoisotopic (exact) mass is 242 g/mol. The number of unbranched alkanes of at least 4 members (excludes halogenated alkanes) is 4. The molecule has 0 heterocycles. The summed E-state index contributed by atoms with van der Waals surface area (Å²) in [4.78, 5) is 21.1. The molecule has 0 bridgehead atoms. The van der Waals surface area contributed by atoms with Crippen molar-refractivity contribution in [1.29, 1.82) is 0 Å². The van der Waals surface area contributed by atoms with Gasteiger partial charge < -0.3 is 10.2 Å². The Bertz CT molecular complexity index is 242. The zero-order valence-corrected chi connectivity index (χ0v) is 10.4. The van der Waals surface area contributed by atoms with Gasteiger partial charge in [0.15, 0.2) is 0 Å². The summed E-state index contributed by atoms with van der Waals surface area (Å²) in [6.07, 6.45) is 8.96. The molecule has 4 heteroatoms. The Morgan fingerprint density at radius 3 is 2.12 bits per heavy atom. The summed E-state index contributed by atoms with van der Waals surface area (Å²) in [5.74, 6) is -2.30. The third-order valence-electron chi connectivity index (χ3n) is 2.51. The SMILES string of the molecule is CCCCCC/C=C/C(CC(=O)O)CC(=O)O. The summed E-state index contributed by atoms with van der Waals surface area (Å²) in [6.45, 7) is 2.14. The smallest absolute Gasteiger partial charge is 0.303 e. The largest absolute Gasteiger partial charge is 0.481 e. The maximum atomic E-state index is 10.5. The predicted molar refractivity (Wildman–Crippen MR) is 65.9 cm³/mol. The Labute approximate surface area is 102 Å². The topological polar surface area (TPSA) is 74.6 Å². The van der Waals surface area contributed by atoms with E-state index >= 15 is 0 Å². The molecule has 0 saturated carbocycles. The van der Waals surface area contributed by atoms with Crippen molar-refractivity contribution in [1.82, 2.24) is 0 Å². The van der Waals surface area contributed by atoms with Crippen LogP contribution in [0.4, 0.5) is 0 Å². The van der Waals surface area contributed by atoms with E-state index in [1.165, 1.54) is 19.3 Å². The van der Waals surface area contributed by atoms with E-state index in [1.54, 1.807) is 6.08 Å². The highest BCUT2D eigenvalue weighted by Gasteiger charge is 2.13. The van der Waals surface area contributed by atoms with E-state index < -0.39 is 17.9 Å². The summed E-state index contributed by atoms with van der Waals surface area (Å²) < 4.78 is 0. The van der Waals surface area contributed by atoms with Crippen molar-refractivity contribution in [2.24, 2.45) is 5.92 Å². The normalized spacial score (nSPS) is 11.2. The number of hydrogen-bond acceptors (Lipinski definition) is 2. The van der Waals surface area contributed by atoms with E-state index in [0.29, 0.717) is 0 Å². The summed E-state index contributed by atoms with van der Waals surface area (Å²) in [7, 11) is 0. The highest BCUT2D eigenvalue weighted by Crippen LogP contribution is 2.12. The molecule has 2 N–H and O–H groups in total. The van der Waals surface area contributed by atoms with Crippen molar-refractivity contribution in [3.8, 4) is 0 Å². The van der Waals surface area contributed by atoms with E-state index in [0.717, 1.165) is 12.8 Å². The highest BCUT2D eigenvalue weighted by atomic mass is 16.4. The van der Waals surface area contributed by atoms with Gasteiger partial charge in [-0.25, -0.2) is 0 Å². The molecule has 0 fully saturated rings. The van der Waals surface area contributed by atoms with Crippen molar-refractivity contribution < 1.29 is 19.8 Å². The van der Waals surface area contributed by atoms with Gasteiger partial charge in [-0.05, 0) is 18.8 Å². The average molecular weight is 242 g/mol. The van der Waals surface area contributed by atoms with Crippen LogP contribution in [0.5, 0.6) is 0 Å². The molecule has 17 heavy (non-hydrogen) atoms. The molecule has 0 radical (unpaired) electrons. The number of rotatable bonds is 10. The third-order valence-corrected chi connectivity index (χ3v) is 2.51. The molecule has 0 aromatic heterocycles. The van der Waals surface area contributed by atoms with Crippen LogP contribution in [0.1, 0.15) is 51.9 Å². The van der Waals surface area contributed by atoms with Crippen LogP contribution in [0.3, 0.4) is 0 Å². The lowest BCUT2D eigenvalue weighted by atomic mass is 10.00. The summed E-state index contributed by atoms with van der Waals surface area (Å²) in [5.41, 5.74) is 0. The molecule has 4 nitrogen and oxygen atoms in total. The van der Waals surface area contributed by atoms with Crippen LogP contribution < -0.4 is 0 Å². The summed E-state index contributed by atoms with van der Waals surface area (Å²) in [6, 6.07) is 0. The van der Waals surface area contributed by atoms with Gasteiger partial charge in [-0.1, -0.05) is 38.3 Å². The van der Waals surface area contributed by atoms with Gasteiger partial charge in [0.1, 0.15) is 0 Å². The number of carboxylic acid groups (broad SMARTS) is 2. The van der Waals surface area contributed by atoms with E-state index in [2.05, 4.69) is 6.92 Å². The van der Waals surface area contributed by atoms with E-state index in [-0.39, 0.29) is 12.8 Å². The standard InChI is InChI=1S/C13H22O4/c1-2-3-4-5-6-7-8-11(9-12(14)15)10-13(16)17/h7-8,11H,2-6,9-10H2,1H3,(H,14,15)(H,16,17)/b8-7+. The fraction of sp³-hybridized carbons (Fsp3) is 0.692. The number of carboxylic acids is 2. The van der Waals surface area contributed by atoms with Gasteiger partial charge in [-0.15, -0.1) is 0 Å². The molecule has 0 aliphatic carbocycles. The second kappa shape index (κ2) is 9.87. The molecule has 0 aliphatic rings. The van der Waals surface area contributed by atoms with Crippen LogP contribution in [0.2, 0.25) is 0 Å². The first-order chi connectivity index (χ1) is 8.06. The van der Waals surface area contributed by atoms with Crippen LogP contribution >= 0.6 is 0 Å². The van der Waals surface area contributed by atoms with Crippen molar-refractivity contribution in [3.63, 3.8) is 0 Å². The van der Waals surface area contributed by atoms with E-state index in [4.69, 9.17) is 10.2 Å². The molecule has 0 rings (SSSR count). The Hall–Kier alpha value is -1.32. The molecule has 0 aromatic carbocycles. The van der Waals surface area contributed by atoms with Crippen molar-refractivity contribution >= 4 is 11.9 Å². The molecule has 0 aromatic rings. The van der Waals surface area contributed by atoms with Gasteiger partial charge in [-0.2, -0.15) is 0 Å². The van der Waals surface area contributed by atoms with E-state index in [9.17, 15) is 9.59 Å². The fourth-order valence-corrected chi connectivity index (χ4v) is 1.63. The van der Waals surface area contributed by atoms with Crippen molar-refractivity contribution in [2.45, 2.75) is 51.9 Å². The first-order valence-electron chi connectivity index (χ1n) is 6.16. The molecular weight excluding hydrogens is 220 g/mol. The van der Waals surface area contributed by atoms with Gasteiger partial charge in [0.05, 0.1) is 12.8 Å². The first-order valence-corrected chi connectivity index (χ1v) is 6.16. The zero-order chi connectivity index (χ0) is 13.1.